The molecule has 4 saturated carbocycles. The Labute approximate surface area is 188 Å². The van der Waals surface area contributed by atoms with Crippen molar-refractivity contribution in [2.45, 2.75) is 38.5 Å². The van der Waals surface area contributed by atoms with E-state index >= 15 is 0 Å². The average Bonchev–Trinajstić information content (AvgIpc) is 3.23. The number of halogens is 2. The Morgan fingerprint density at radius 3 is 2.53 bits per heavy atom. The Balaban J connectivity index is 0.00000109. The van der Waals surface area contributed by atoms with Crippen molar-refractivity contribution >= 4 is 53.8 Å². The lowest BCUT2D eigenvalue weighted by Gasteiger charge is -2.57. The quantitative estimate of drug-likeness (QED) is 0.620. The number of aliphatic imine (C=N–C) groups is 1. The number of aromatic amines is 1. The van der Waals surface area contributed by atoms with Crippen LogP contribution in [0.25, 0.3) is 17.1 Å². The smallest absolute Gasteiger partial charge is 0.276 e. The van der Waals surface area contributed by atoms with Gasteiger partial charge in [-0.1, -0.05) is 0 Å². The molecule has 1 amide bonds. The number of amides is 1. The van der Waals surface area contributed by atoms with Gasteiger partial charge in [0.25, 0.3) is 5.91 Å². The van der Waals surface area contributed by atoms with Crippen LogP contribution < -0.4 is 10.6 Å². The van der Waals surface area contributed by atoms with Crippen molar-refractivity contribution in [2.75, 3.05) is 6.54 Å². The fraction of sp³-hybridized carbons (Fsp3) is 0.500. The molecule has 3 heterocycles. The summed E-state index contributed by atoms with van der Waals surface area (Å²) in [6, 6.07) is 3.89. The van der Waals surface area contributed by atoms with Crippen molar-refractivity contribution in [3.05, 3.63) is 35.8 Å². The van der Waals surface area contributed by atoms with Crippen LogP contribution in [0.15, 0.2) is 35.2 Å². The van der Waals surface area contributed by atoms with Crippen LogP contribution in [0, 0.1) is 23.2 Å². The van der Waals surface area contributed by atoms with Crippen molar-refractivity contribution in [3.63, 3.8) is 0 Å². The Kier molecular flexibility index (Phi) is 5.58. The summed E-state index contributed by atoms with van der Waals surface area (Å²) in [6.45, 7) is 0.930. The van der Waals surface area contributed by atoms with Crippen LogP contribution in [-0.2, 0) is 4.79 Å². The zero-order valence-corrected chi connectivity index (χ0v) is 18.3. The van der Waals surface area contributed by atoms with E-state index in [1.54, 1.807) is 6.20 Å². The highest BCUT2D eigenvalue weighted by atomic mass is 35.5. The average molecular weight is 448 g/mol. The van der Waals surface area contributed by atoms with E-state index in [2.05, 4.69) is 25.6 Å². The molecule has 4 bridgehead atoms. The number of hydrogen-bond acceptors (Lipinski definition) is 4. The molecule has 6 nitrogen and oxygen atoms in total. The number of carbonyl (C=O) groups excluding carboxylic acids is 1. The number of pyridine rings is 1. The van der Waals surface area contributed by atoms with Crippen LogP contribution in [0.2, 0.25) is 0 Å². The third kappa shape index (κ3) is 3.60. The molecule has 0 atom stereocenters. The molecule has 3 N–H and O–H groups in total. The van der Waals surface area contributed by atoms with Crippen LogP contribution in [0.1, 0.15) is 44.1 Å². The molecule has 0 spiro atoms. The normalized spacial score (nSPS) is 32.5. The van der Waals surface area contributed by atoms with Gasteiger partial charge in [0.1, 0.15) is 11.3 Å². The predicted molar refractivity (Wildman–Crippen MR) is 123 cm³/mol. The first-order chi connectivity index (χ1) is 13.7. The van der Waals surface area contributed by atoms with Crippen molar-refractivity contribution in [1.82, 2.24) is 20.6 Å². The van der Waals surface area contributed by atoms with Gasteiger partial charge in [-0.3, -0.25) is 10.1 Å². The lowest BCUT2D eigenvalue weighted by molar-refractivity contribution is -0.115. The molecule has 30 heavy (non-hydrogen) atoms. The van der Waals surface area contributed by atoms with E-state index in [9.17, 15) is 4.79 Å². The van der Waals surface area contributed by atoms with Crippen molar-refractivity contribution < 1.29 is 4.79 Å². The molecule has 4 fully saturated rings. The largest absolute Gasteiger partial charge is 0.355 e. The highest BCUT2D eigenvalue weighted by Gasteiger charge is 2.50. The first-order valence-electron chi connectivity index (χ1n) is 10.4. The highest BCUT2D eigenvalue weighted by Crippen LogP contribution is 2.59. The molecule has 160 valence electrons. The summed E-state index contributed by atoms with van der Waals surface area (Å²) in [5.41, 5.74) is 2.60. The summed E-state index contributed by atoms with van der Waals surface area (Å²) in [7, 11) is 0. The number of aromatic nitrogens is 2. The number of hydrogen-bond donors (Lipinski definition) is 3. The summed E-state index contributed by atoms with van der Waals surface area (Å²) in [6.07, 6.45) is 13.8. The second kappa shape index (κ2) is 7.89. The molecule has 2 aromatic rings. The maximum atomic E-state index is 12.4. The zero-order chi connectivity index (χ0) is 18.7. The van der Waals surface area contributed by atoms with Gasteiger partial charge in [-0.25, -0.2) is 9.98 Å². The predicted octanol–water partition coefficient (Wildman–Crippen LogP) is 4.04. The first-order valence-corrected chi connectivity index (χ1v) is 10.4. The minimum Gasteiger partial charge on any atom is -0.355 e. The van der Waals surface area contributed by atoms with E-state index in [0.29, 0.717) is 17.1 Å². The molecular formula is C22H27Cl2N5O. The Morgan fingerprint density at radius 2 is 1.83 bits per heavy atom. The molecule has 8 heteroatoms. The van der Waals surface area contributed by atoms with E-state index in [0.717, 1.165) is 40.9 Å². The van der Waals surface area contributed by atoms with Gasteiger partial charge in [-0.2, -0.15) is 0 Å². The number of nitrogens with zero attached hydrogens (tertiary/aromatic N) is 2. The molecule has 4 aliphatic carbocycles. The Hall–Kier alpha value is -2.05. The summed E-state index contributed by atoms with van der Waals surface area (Å²) < 4.78 is 0. The molecule has 0 saturated heterocycles. The van der Waals surface area contributed by atoms with Crippen LogP contribution in [0.5, 0.6) is 0 Å². The lowest BCUT2D eigenvalue weighted by atomic mass is 9.49. The molecule has 7 rings (SSSR count). The first kappa shape index (κ1) is 21.2. The molecule has 0 radical (unpaired) electrons. The number of guanidine groups is 1. The fourth-order valence-electron chi connectivity index (χ4n) is 6.57. The lowest BCUT2D eigenvalue weighted by Crippen LogP contribution is -2.52. The topological polar surface area (TPSA) is 82.2 Å². The number of carbonyl (C=O) groups is 1. The van der Waals surface area contributed by atoms with E-state index in [1.807, 2.05) is 24.4 Å². The number of nitrogens with one attached hydrogen (secondary N) is 3. The summed E-state index contributed by atoms with van der Waals surface area (Å²) in [4.78, 5) is 24.4. The van der Waals surface area contributed by atoms with Gasteiger partial charge in [0, 0.05) is 29.9 Å². The number of rotatable bonds is 3. The van der Waals surface area contributed by atoms with Gasteiger partial charge in [-0.15, -0.1) is 24.8 Å². The second-order valence-electron chi connectivity index (χ2n) is 9.36. The van der Waals surface area contributed by atoms with Gasteiger partial charge in [-0.05, 0) is 79.9 Å². The highest BCUT2D eigenvalue weighted by molar-refractivity contribution is 6.14. The molecule has 5 aliphatic rings. The monoisotopic (exact) mass is 447 g/mol. The fourth-order valence-corrected chi connectivity index (χ4v) is 6.57. The van der Waals surface area contributed by atoms with Crippen LogP contribution >= 0.6 is 24.8 Å². The van der Waals surface area contributed by atoms with Crippen LogP contribution in [-0.4, -0.2) is 28.4 Å². The molecule has 0 aromatic carbocycles. The Morgan fingerprint density at radius 1 is 1.13 bits per heavy atom. The van der Waals surface area contributed by atoms with E-state index < -0.39 is 0 Å². The van der Waals surface area contributed by atoms with Crippen LogP contribution in [0.3, 0.4) is 0 Å². The van der Waals surface area contributed by atoms with Crippen molar-refractivity contribution in [2.24, 2.45) is 28.2 Å². The summed E-state index contributed by atoms with van der Waals surface area (Å²) >= 11 is 0. The molecular weight excluding hydrogens is 421 g/mol. The number of H-pyrrole nitrogens is 1. The van der Waals surface area contributed by atoms with E-state index in [1.165, 1.54) is 38.5 Å². The summed E-state index contributed by atoms with van der Waals surface area (Å²) in [5, 5.41) is 7.37. The molecule has 1 aliphatic heterocycles. The van der Waals surface area contributed by atoms with E-state index in [-0.39, 0.29) is 30.7 Å². The maximum Gasteiger partial charge on any atom is 0.276 e. The minimum atomic E-state index is -0.147. The van der Waals surface area contributed by atoms with E-state index in [4.69, 9.17) is 0 Å². The molecule has 0 unspecified atom stereocenters. The minimum absolute atomic E-state index is 0. The van der Waals surface area contributed by atoms with Gasteiger partial charge >= 0.3 is 0 Å². The second-order valence-corrected chi connectivity index (χ2v) is 9.36. The zero-order valence-electron chi connectivity index (χ0n) is 16.7. The SMILES string of the molecule is Cl.Cl.O=C1NC(NCC23CC4CC(CC(C4)C2)C3)=NC1=Cc1c[nH]c2ncccc12. The number of fused-ring (bicyclic) bond motifs is 1. The third-order valence-corrected chi connectivity index (χ3v) is 7.27. The van der Waals surface area contributed by atoms with Gasteiger partial charge in [0.2, 0.25) is 5.96 Å². The summed E-state index contributed by atoms with van der Waals surface area (Å²) in [5.74, 6) is 3.24. The van der Waals surface area contributed by atoms with Gasteiger partial charge in [0.15, 0.2) is 0 Å². The van der Waals surface area contributed by atoms with Crippen molar-refractivity contribution in [1.29, 1.82) is 0 Å². The van der Waals surface area contributed by atoms with Gasteiger partial charge < -0.3 is 10.3 Å². The Bertz CT molecular complexity index is 992. The van der Waals surface area contributed by atoms with Gasteiger partial charge in [0.05, 0.1) is 0 Å². The molecule has 2 aromatic heterocycles. The standard InChI is InChI=1S/C22H25N5O.2ClH/c28-20-18(7-16-11-24-19-17(16)2-1-3-23-19)26-21(27-20)25-12-22-8-13-4-14(9-22)6-15(5-13)10-22;;/h1-3,7,11,13-15H,4-6,8-10,12H2,(H,23,24)(H2,25,26,27,28);2*1H. The maximum absolute atomic E-state index is 12.4. The van der Waals surface area contributed by atoms with Crippen molar-refractivity contribution in [3.8, 4) is 0 Å². The third-order valence-electron chi connectivity index (χ3n) is 7.27. The van der Waals surface area contributed by atoms with Crippen LogP contribution in [0.4, 0.5) is 0 Å².